The molecule has 1 N–H and O–H groups in total. The summed E-state index contributed by atoms with van der Waals surface area (Å²) in [7, 11) is 0. The van der Waals surface area contributed by atoms with Crippen molar-refractivity contribution in [3.05, 3.63) is 59.5 Å². The lowest BCUT2D eigenvalue weighted by atomic mass is 10.1. The van der Waals surface area contributed by atoms with Gasteiger partial charge in [0, 0.05) is 17.8 Å². The number of ether oxygens (including phenoxy) is 2. The van der Waals surface area contributed by atoms with Crippen LogP contribution in [0.1, 0.15) is 33.3 Å². The summed E-state index contributed by atoms with van der Waals surface area (Å²) in [5.74, 6) is 1.01. The number of carbonyl (C=O) groups is 2. The van der Waals surface area contributed by atoms with Gasteiger partial charge in [-0.1, -0.05) is 6.07 Å². The Morgan fingerprint density at radius 3 is 2.63 bits per heavy atom. The number of aromatic nitrogens is 3. The van der Waals surface area contributed by atoms with Crippen LogP contribution in [-0.2, 0) is 0 Å². The monoisotopic (exact) mass is 364 g/mol. The van der Waals surface area contributed by atoms with E-state index in [9.17, 15) is 9.59 Å². The number of rotatable bonds is 4. The highest BCUT2D eigenvalue weighted by Crippen LogP contribution is 2.37. The molecule has 0 saturated heterocycles. The van der Waals surface area contributed by atoms with Crippen LogP contribution in [0.15, 0.2) is 42.7 Å². The third-order valence-corrected chi connectivity index (χ3v) is 4.26. The molecule has 0 unspecified atom stereocenters. The quantitative estimate of drug-likeness (QED) is 0.715. The van der Waals surface area contributed by atoms with Gasteiger partial charge in [-0.15, -0.1) is 0 Å². The molecule has 136 valence electrons. The summed E-state index contributed by atoms with van der Waals surface area (Å²) in [4.78, 5) is 29.0. The Kier molecular flexibility index (Phi) is 4.08. The van der Waals surface area contributed by atoms with Crippen molar-refractivity contribution in [3.63, 3.8) is 0 Å². The van der Waals surface area contributed by atoms with Crippen molar-refractivity contribution in [2.24, 2.45) is 0 Å². The largest absolute Gasteiger partial charge is 0.454 e. The van der Waals surface area contributed by atoms with E-state index in [1.165, 1.54) is 13.1 Å². The molecule has 8 heteroatoms. The second kappa shape index (κ2) is 6.56. The molecule has 1 aromatic carbocycles. The molecule has 1 aliphatic rings. The third-order valence-electron chi connectivity index (χ3n) is 4.26. The number of Topliss-reactive ketones (excluding diaryl/α,β-unsaturated/α-hetero) is 1. The molecule has 0 bridgehead atoms. The smallest absolute Gasteiger partial charge is 0.259 e. The normalized spacial score (nSPS) is 12.1. The Morgan fingerprint density at radius 1 is 1.15 bits per heavy atom. The Balaban J connectivity index is 1.66. The van der Waals surface area contributed by atoms with E-state index in [0.29, 0.717) is 39.8 Å². The maximum atomic E-state index is 12.8. The fraction of sp³-hybridized carbons (Fsp3) is 0.158. The number of nitrogens with zero attached hydrogens (tertiary/aromatic N) is 3. The number of pyridine rings is 1. The predicted molar refractivity (Wildman–Crippen MR) is 96.6 cm³/mol. The molecule has 3 heterocycles. The predicted octanol–water partition coefficient (Wildman–Crippen LogP) is 2.76. The molecule has 0 atom stereocenters. The SMILES string of the molecule is CC(=O)c1cc2c(cc1NC(=O)c1cnn(-c3ccccn3)c1C)OCO2. The molecule has 2 aromatic heterocycles. The lowest BCUT2D eigenvalue weighted by Crippen LogP contribution is -2.15. The van der Waals surface area contributed by atoms with Gasteiger partial charge in [0.2, 0.25) is 6.79 Å². The minimum atomic E-state index is -0.379. The van der Waals surface area contributed by atoms with Crippen LogP contribution in [0.5, 0.6) is 11.5 Å². The van der Waals surface area contributed by atoms with E-state index in [1.807, 2.05) is 6.07 Å². The fourth-order valence-corrected chi connectivity index (χ4v) is 2.87. The molecule has 8 nitrogen and oxygen atoms in total. The van der Waals surface area contributed by atoms with Crippen molar-refractivity contribution in [2.75, 3.05) is 12.1 Å². The summed E-state index contributed by atoms with van der Waals surface area (Å²) < 4.78 is 12.2. The van der Waals surface area contributed by atoms with E-state index < -0.39 is 0 Å². The second-order valence-corrected chi connectivity index (χ2v) is 6.00. The fourth-order valence-electron chi connectivity index (χ4n) is 2.87. The van der Waals surface area contributed by atoms with Crippen LogP contribution < -0.4 is 14.8 Å². The van der Waals surface area contributed by atoms with Gasteiger partial charge >= 0.3 is 0 Å². The summed E-state index contributed by atoms with van der Waals surface area (Å²) in [6, 6.07) is 8.61. The molecule has 4 rings (SSSR count). The van der Waals surface area contributed by atoms with Gasteiger partial charge in [-0.05, 0) is 32.0 Å². The molecule has 0 aliphatic carbocycles. The molecule has 1 amide bonds. The molecular formula is C19H16N4O4. The lowest BCUT2D eigenvalue weighted by molar-refractivity contribution is 0.101. The van der Waals surface area contributed by atoms with Gasteiger partial charge in [0.1, 0.15) is 0 Å². The van der Waals surface area contributed by atoms with Gasteiger partial charge in [0.25, 0.3) is 5.91 Å². The zero-order valence-electron chi connectivity index (χ0n) is 14.7. The summed E-state index contributed by atoms with van der Waals surface area (Å²) in [6.07, 6.45) is 3.13. The van der Waals surface area contributed by atoms with E-state index >= 15 is 0 Å². The van der Waals surface area contributed by atoms with Gasteiger partial charge in [0.05, 0.1) is 23.1 Å². The number of benzene rings is 1. The van der Waals surface area contributed by atoms with Crippen molar-refractivity contribution in [3.8, 4) is 17.3 Å². The first-order valence-corrected chi connectivity index (χ1v) is 8.26. The zero-order valence-corrected chi connectivity index (χ0v) is 14.7. The Bertz CT molecular complexity index is 1040. The second-order valence-electron chi connectivity index (χ2n) is 6.00. The van der Waals surface area contributed by atoms with Gasteiger partial charge in [0.15, 0.2) is 23.1 Å². The molecule has 3 aromatic rings. The standard InChI is InChI=1S/C19H16N4O4/c1-11-14(9-21-23(11)18-5-3-4-6-20-18)19(25)22-15-8-17-16(26-10-27-17)7-13(15)12(2)24/h3-9H,10H2,1-2H3,(H,22,25). The zero-order chi connectivity index (χ0) is 19.0. The van der Waals surface area contributed by atoms with E-state index in [0.717, 1.165) is 0 Å². The summed E-state index contributed by atoms with van der Waals surface area (Å²) >= 11 is 0. The molecule has 0 saturated carbocycles. The van der Waals surface area contributed by atoms with Crippen molar-refractivity contribution in [1.82, 2.24) is 14.8 Å². The first kappa shape index (κ1) is 16.8. The number of hydrogen-bond donors (Lipinski definition) is 1. The van der Waals surface area contributed by atoms with E-state index in [1.54, 1.807) is 42.1 Å². The third kappa shape index (κ3) is 3.01. The topological polar surface area (TPSA) is 95.3 Å². The Morgan fingerprint density at radius 2 is 1.93 bits per heavy atom. The van der Waals surface area contributed by atoms with E-state index in [-0.39, 0.29) is 18.5 Å². The summed E-state index contributed by atoms with van der Waals surface area (Å²) in [5, 5.41) is 7.02. The maximum absolute atomic E-state index is 12.8. The van der Waals surface area contributed by atoms with Crippen LogP contribution in [0.4, 0.5) is 5.69 Å². The molecule has 0 radical (unpaired) electrons. The highest BCUT2D eigenvalue weighted by molar-refractivity contribution is 6.09. The minimum Gasteiger partial charge on any atom is -0.454 e. The molecule has 0 spiro atoms. The van der Waals surface area contributed by atoms with E-state index in [2.05, 4.69) is 15.4 Å². The molecular weight excluding hydrogens is 348 g/mol. The van der Waals surface area contributed by atoms with E-state index in [4.69, 9.17) is 9.47 Å². The maximum Gasteiger partial charge on any atom is 0.259 e. The minimum absolute atomic E-state index is 0.0834. The lowest BCUT2D eigenvalue weighted by Gasteiger charge is -2.10. The average molecular weight is 364 g/mol. The van der Waals surface area contributed by atoms with Crippen molar-refractivity contribution in [1.29, 1.82) is 0 Å². The van der Waals surface area contributed by atoms with Crippen LogP contribution in [-0.4, -0.2) is 33.2 Å². The van der Waals surface area contributed by atoms with Crippen LogP contribution in [0, 0.1) is 6.92 Å². The van der Waals surface area contributed by atoms with Gasteiger partial charge < -0.3 is 14.8 Å². The summed E-state index contributed by atoms with van der Waals surface area (Å²) in [6.45, 7) is 3.29. The van der Waals surface area contributed by atoms with Crippen LogP contribution in [0.2, 0.25) is 0 Å². The van der Waals surface area contributed by atoms with Gasteiger partial charge in [-0.2, -0.15) is 5.10 Å². The number of ketones is 1. The molecule has 27 heavy (non-hydrogen) atoms. The first-order chi connectivity index (χ1) is 13.0. The number of carbonyl (C=O) groups excluding carboxylic acids is 2. The van der Waals surface area contributed by atoms with Crippen LogP contribution in [0.3, 0.4) is 0 Å². The van der Waals surface area contributed by atoms with Crippen molar-refractivity contribution < 1.29 is 19.1 Å². The average Bonchev–Trinajstić information content (AvgIpc) is 3.27. The molecule has 0 fully saturated rings. The van der Waals surface area contributed by atoms with Crippen LogP contribution >= 0.6 is 0 Å². The first-order valence-electron chi connectivity index (χ1n) is 8.26. The number of amides is 1. The highest BCUT2D eigenvalue weighted by atomic mass is 16.7. The molecule has 1 aliphatic heterocycles. The Labute approximate surface area is 154 Å². The summed E-state index contributed by atoms with van der Waals surface area (Å²) in [5.41, 5.74) is 1.73. The van der Waals surface area contributed by atoms with Crippen molar-refractivity contribution >= 4 is 17.4 Å². The van der Waals surface area contributed by atoms with Crippen molar-refractivity contribution in [2.45, 2.75) is 13.8 Å². The number of nitrogens with one attached hydrogen (secondary N) is 1. The number of anilines is 1. The number of fused-ring (bicyclic) bond motifs is 1. The van der Waals surface area contributed by atoms with Crippen LogP contribution in [0.25, 0.3) is 5.82 Å². The van der Waals surface area contributed by atoms with Gasteiger partial charge in [-0.3, -0.25) is 9.59 Å². The van der Waals surface area contributed by atoms with Gasteiger partial charge in [-0.25, -0.2) is 9.67 Å². The highest BCUT2D eigenvalue weighted by Gasteiger charge is 2.22. The number of hydrogen-bond acceptors (Lipinski definition) is 6. The Hall–Kier alpha value is -3.68.